The maximum atomic E-state index is 4.89. The Hall–Kier alpha value is -2.87. The SMILES string of the molecule is Cc1ccc(C)c(CN2C=NC(c3ccccc3)C2c2ccccc2)c1. The molecule has 2 nitrogen and oxygen atoms in total. The lowest BCUT2D eigenvalue weighted by Gasteiger charge is -2.29. The summed E-state index contributed by atoms with van der Waals surface area (Å²) in [5.74, 6) is 0. The van der Waals surface area contributed by atoms with Crippen LogP contribution in [0.4, 0.5) is 0 Å². The zero-order valence-corrected chi connectivity index (χ0v) is 15.3. The van der Waals surface area contributed by atoms with E-state index in [9.17, 15) is 0 Å². The Balaban J connectivity index is 1.70. The second kappa shape index (κ2) is 7.17. The van der Waals surface area contributed by atoms with Crippen molar-refractivity contribution in [3.63, 3.8) is 0 Å². The van der Waals surface area contributed by atoms with E-state index in [1.165, 1.54) is 27.8 Å². The molecular formula is C24H24N2. The highest BCUT2D eigenvalue weighted by Gasteiger charge is 2.33. The number of hydrogen-bond donors (Lipinski definition) is 0. The molecule has 1 aliphatic heterocycles. The first-order valence-corrected chi connectivity index (χ1v) is 9.17. The van der Waals surface area contributed by atoms with Crippen molar-refractivity contribution in [3.05, 3.63) is 107 Å². The predicted octanol–water partition coefficient (Wildman–Crippen LogP) is 5.63. The molecule has 0 saturated carbocycles. The van der Waals surface area contributed by atoms with Crippen LogP contribution in [0.2, 0.25) is 0 Å². The smallest absolute Gasteiger partial charge is 0.101 e. The lowest BCUT2D eigenvalue weighted by molar-refractivity contribution is 0.310. The average molecular weight is 340 g/mol. The Bertz CT molecular complexity index is 900. The fourth-order valence-electron chi connectivity index (χ4n) is 3.74. The van der Waals surface area contributed by atoms with Crippen LogP contribution in [-0.4, -0.2) is 11.2 Å². The molecule has 2 atom stereocenters. The zero-order valence-electron chi connectivity index (χ0n) is 15.3. The highest BCUT2D eigenvalue weighted by molar-refractivity contribution is 5.61. The van der Waals surface area contributed by atoms with Gasteiger partial charge in [-0.25, -0.2) is 0 Å². The van der Waals surface area contributed by atoms with Gasteiger partial charge in [-0.1, -0.05) is 84.4 Å². The second-order valence-corrected chi connectivity index (χ2v) is 7.08. The van der Waals surface area contributed by atoms with Gasteiger partial charge in [-0.2, -0.15) is 0 Å². The van der Waals surface area contributed by atoms with Crippen molar-refractivity contribution in [1.29, 1.82) is 0 Å². The van der Waals surface area contributed by atoms with Crippen molar-refractivity contribution in [2.75, 3.05) is 0 Å². The summed E-state index contributed by atoms with van der Waals surface area (Å²) >= 11 is 0. The Morgan fingerprint density at radius 3 is 2.15 bits per heavy atom. The minimum Gasteiger partial charge on any atom is -0.349 e. The van der Waals surface area contributed by atoms with Gasteiger partial charge >= 0.3 is 0 Å². The first kappa shape index (κ1) is 16.6. The van der Waals surface area contributed by atoms with Crippen LogP contribution in [0.1, 0.15) is 39.9 Å². The van der Waals surface area contributed by atoms with Crippen LogP contribution < -0.4 is 0 Å². The molecule has 4 rings (SSSR count). The molecule has 0 radical (unpaired) electrons. The van der Waals surface area contributed by atoms with Gasteiger partial charge in [0.25, 0.3) is 0 Å². The molecule has 0 aliphatic carbocycles. The summed E-state index contributed by atoms with van der Waals surface area (Å²) in [6.07, 6.45) is 2.04. The van der Waals surface area contributed by atoms with Crippen molar-refractivity contribution in [3.8, 4) is 0 Å². The van der Waals surface area contributed by atoms with Crippen molar-refractivity contribution >= 4 is 6.34 Å². The van der Waals surface area contributed by atoms with E-state index < -0.39 is 0 Å². The number of hydrogen-bond acceptors (Lipinski definition) is 2. The molecule has 0 N–H and O–H groups in total. The van der Waals surface area contributed by atoms with Crippen LogP contribution in [0, 0.1) is 13.8 Å². The summed E-state index contributed by atoms with van der Waals surface area (Å²) in [6, 6.07) is 28.4. The average Bonchev–Trinajstić information content (AvgIpc) is 3.10. The standard InChI is InChI=1S/C24H24N2/c1-18-13-14-19(2)22(15-18)16-26-17-25-23(20-9-5-3-6-10-20)24(26)21-11-7-4-8-12-21/h3-15,17,23-24H,16H2,1-2H3. The lowest BCUT2D eigenvalue weighted by Crippen LogP contribution is -2.26. The summed E-state index contributed by atoms with van der Waals surface area (Å²) in [5, 5.41) is 0. The van der Waals surface area contributed by atoms with E-state index in [4.69, 9.17) is 4.99 Å². The molecule has 0 aromatic heterocycles. The van der Waals surface area contributed by atoms with E-state index in [0.29, 0.717) is 0 Å². The molecule has 3 aromatic carbocycles. The zero-order chi connectivity index (χ0) is 17.9. The van der Waals surface area contributed by atoms with Gasteiger partial charge in [-0.15, -0.1) is 0 Å². The van der Waals surface area contributed by atoms with Crippen molar-refractivity contribution in [2.45, 2.75) is 32.5 Å². The van der Waals surface area contributed by atoms with Gasteiger partial charge in [0.05, 0.1) is 12.4 Å². The van der Waals surface area contributed by atoms with Gasteiger partial charge in [-0.05, 0) is 36.1 Å². The fourth-order valence-corrected chi connectivity index (χ4v) is 3.74. The number of nitrogens with zero attached hydrogens (tertiary/aromatic N) is 2. The van der Waals surface area contributed by atoms with E-state index in [-0.39, 0.29) is 12.1 Å². The highest BCUT2D eigenvalue weighted by atomic mass is 15.2. The number of benzene rings is 3. The summed E-state index contributed by atoms with van der Waals surface area (Å²) in [6.45, 7) is 5.22. The molecule has 3 aromatic rings. The quantitative estimate of drug-likeness (QED) is 0.601. The van der Waals surface area contributed by atoms with Crippen LogP contribution in [0.25, 0.3) is 0 Å². The van der Waals surface area contributed by atoms with Gasteiger partial charge in [0, 0.05) is 6.54 Å². The van der Waals surface area contributed by atoms with Crippen LogP contribution in [-0.2, 0) is 6.54 Å². The van der Waals surface area contributed by atoms with Crippen molar-refractivity contribution < 1.29 is 0 Å². The summed E-state index contributed by atoms with van der Waals surface area (Å²) in [4.78, 5) is 7.28. The Labute approximate surface area is 155 Å². The van der Waals surface area contributed by atoms with Crippen molar-refractivity contribution in [1.82, 2.24) is 4.90 Å². The molecule has 2 unspecified atom stereocenters. The van der Waals surface area contributed by atoms with Gasteiger partial charge < -0.3 is 4.90 Å². The maximum absolute atomic E-state index is 4.89. The van der Waals surface area contributed by atoms with Gasteiger partial charge in [0.2, 0.25) is 0 Å². The second-order valence-electron chi connectivity index (χ2n) is 7.08. The summed E-state index contributed by atoms with van der Waals surface area (Å²) < 4.78 is 0. The van der Waals surface area contributed by atoms with Crippen LogP contribution in [0.3, 0.4) is 0 Å². The third kappa shape index (κ3) is 3.28. The topological polar surface area (TPSA) is 15.6 Å². The maximum Gasteiger partial charge on any atom is 0.101 e. The predicted molar refractivity (Wildman–Crippen MR) is 108 cm³/mol. The van der Waals surface area contributed by atoms with Gasteiger partial charge in [0.1, 0.15) is 6.04 Å². The summed E-state index contributed by atoms with van der Waals surface area (Å²) in [5.41, 5.74) is 6.58. The molecule has 0 fully saturated rings. The minimum atomic E-state index is 0.128. The van der Waals surface area contributed by atoms with E-state index >= 15 is 0 Å². The van der Waals surface area contributed by atoms with Crippen LogP contribution in [0.5, 0.6) is 0 Å². The molecular weight excluding hydrogens is 316 g/mol. The van der Waals surface area contributed by atoms with E-state index in [2.05, 4.69) is 97.6 Å². The van der Waals surface area contributed by atoms with Gasteiger partial charge in [-0.3, -0.25) is 4.99 Å². The normalized spacial score (nSPS) is 19.1. The molecule has 130 valence electrons. The Kier molecular flexibility index (Phi) is 4.57. The monoisotopic (exact) mass is 340 g/mol. The molecule has 0 saturated heterocycles. The Morgan fingerprint density at radius 2 is 1.46 bits per heavy atom. The first-order valence-electron chi connectivity index (χ1n) is 9.17. The van der Waals surface area contributed by atoms with Crippen LogP contribution in [0.15, 0.2) is 83.9 Å². The molecule has 26 heavy (non-hydrogen) atoms. The third-order valence-electron chi connectivity index (χ3n) is 5.17. The van der Waals surface area contributed by atoms with E-state index in [1.807, 2.05) is 6.34 Å². The third-order valence-corrected chi connectivity index (χ3v) is 5.17. The Morgan fingerprint density at radius 1 is 0.808 bits per heavy atom. The van der Waals surface area contributed by atoms with E-state index in [0.717, 1.165) is 6.54 Å². The van der Waals surface area contributed by atoms with Crippen molar-refractivity contribution in [2.24, 2.45) is 4.99 Å². The fraction of sp³-hybridized carbons (Fsp3) is 0.208. The number of rotatable bonds is 4. The number of aliphatic imine (C=N–C) groups is 1. The summed E-state index contributed by atoms with van der Waals surface area (Å²) in [7, 11) is 0. The molecule has 1 aliphatic rings. The highest BCUT2D eigenvalue weighted by Crippen LogP contribution is 2.40. The van der Waals surface area contributed by atoms with E-state index in [1.54, 1.807) is 0 Å². The van der Waals surface area contributed by atoms with Gasteiger partial charge in [0.15, 0.2) is 0 Å². The molecule has 0 amide bonds. The molecule has 0 spiro atoms. The first-order chi connectivity index (χ1) is 12.7. The number of aryl methyl sites for hydroxylation is 2. The lowest BCUT2D eigenvalue weighted by atomic mass is 9.93. The van der Waals surface area contributed by atoms with Crippen LogP contribution >= 0.6 is 0 Å². The molecule has 2 heteroatoms. The molecule has 0 bridgehead atoms. The largest absolute Gasteiger partial charge is 0.349 e. The molecule has 1 heterocycles. The minimum absolute atomic E-state index is 0.128.